The number of carbonyl (C=O) groups is 2. The van der Waals surface area contributed by atoms with Crippen molar-refractivity contribution in [2.24, 2.45) is 23.7 Å². The van der Waals surface area contributed by atoms with Crippen molar-refractivity contribution in [1.82, 2.24) is 0 Å². The molecule has 0 amide bonds. The lowest BCUT2D eigenvalue weighted by Gasteiger charge is -2.59. The Kier molecular flexibility index (Phi) is 21.1. The molecule has 4 aliphatic carbocycles. The molecule has 0 aromatic carbocycles. The van der Waals surface area contributed by atoms with Gasteiger partial charge in [0.2, 0.25) is 0 Å². The number of rotatable bonds is 7. The summed E-state index contributed by atoms with van der Waals surface area (Å²) < 4.78 is 16.1. The van der Waals surface area contributed by atoms with Crippen LogP contribution in [0.4, 0.5) is 0 Å². The predicted octanol–water partition coefficient (Wildman–Crippen LogP) is 7.33. The topological polar surface area (TPSA) is 61.8 Å². The molecule has 4 bridgehead atoms. The van der Waals surface area contributed by atoms with Gasteiger partial charge in [0.1, 0.15) is 18.8 Å². The van der Waals surface area contributed by atoms with Gasteiger partial charge in [0.15, 0.2) is 0 Å². The zero-order valence-corrected chi connectivity index (χ0v) is 14.7. The van der Waals surface area contributed by atoms with E-state index in [0.717, 1.165) is 11.8 Å². The Bertz CT molecular complexity index is 498. The van der Waals surface area contributed by atoms with Gasteiger partial charge in [-0.3, -0.25) is 0 Å². The van der Waals surface area contributed by atoms with Crippen molar-refractivity contribution in [1.29, 1.82) is 0 Å². The predicted molar refractivity (Wildman–Crippen MR) is 135 cm³/mol. The highest BCUT2D eigenvalue weighted by Crippen LogP contribution is 2.59. The Morgan fingerprint density at radius 3 is 1.71 bits per heavy atom. The summed E-state index contributed by atoms with van der Waals surface area (Å²) in [4.78, 5) is 23.4. The molecule has 31 heavy (non-hydrogen) atoms. The van der Waals surface area contributed by atoms with E-state index < -0.39 is 5.97 Å². The van der Waals surface area contributed by atoms with E-state index in [1.165, 1.54) is 32.1 Å². The lowest BCUT2D eigenvalue weighted by molar-refractivity contribution is -0.206. The first kappa shape index (κ1) is 40.0. The average Bonchev–Trinajstić information content (AvgIpc) is 2.51. The van der Waals surface area contributed by atoms with Crippen LogP contribution in [0.1, 0.15) is 97.9 Å². The quantitative estimate of drug-likeness (QED) is 0.232. The minimum Gasteiger partial charge on any atom is -0.460 e. The molecule has 0 spiro atoms. The first-order valence-corrected chi connectivity index (χ1v) is 9.00. The fourth-order valence-electron chi connectivity index (χ4n) is 5.03. The molecular formula is C26H56O5. The molecule has 190 valence electrons. The largest absolute Gasteiger partial charge is 0.460 e. The van der Waals surface area contributed by atoms with Crippen LogP contribution in [-0.4, -0.2) is 37.4 Å². The van der Waals surface area contributed by atoms with Crippen LogP contribution < -0.4 is 0 Å². The third-order valence-electron chi connectivity index (χ3n) is 6.12. The van der Waals surface area contributed by atoms with E-state index in [-0.39, 0.29) is 83.4 Å². The zero-order valence-electron chi connectivity index (χ0n) is 14.7. The van der Waals surface area contributed by atoms with E-state index in [2.05, 4.69) is 13.5 Å². The van der Waals surface area contributed by atoms with Gasteiger partial charge in [-0.15, -0.1) is 0 Å². The second-order valence-electron chi connectivity index (χ2n) is 7.93. The summed E-state index contributed by atoms with van der Waals surface area (Å²) in [6, 6.07) is 0. The Labute approximate surface area is 195 Å². The monoisotopic (exact) mass is 448 g/mol. The van der Waals surface area contributed by atoms with Crippen molar-refractivity contribution in [2.45, 2.75) is 104 Å². The van der Waals surface area contributed by atoms with Crippen molar-refractivity contribution in [3.63, 3.8) is 0 Å². The van der Waals surface area contributed by atoms with Crippen LogP contribution in [0.2, 0.25) is 0 Å². The fraction of sp³-hybridized carbons (Fsp3) is 0.846. The molecule has 4 aliphatic rings. The highest BCUT2D eigenvalue weighted by molar-refractivity contribution is 5.86. The van der Waals surface area contributed by atoms with Crippen molar-refractivity contribution in [2.75, 3.05) is 19.8 Å². The zero-order chi connectivity index (χ0) is 17.3. The van der Waals surface area contributed by atoms with E-state index in [1.54, 1.807) is 6.92 Å². The number of carbonyl (C=O) groups excluding carboxylic acids is 2. The van der Waals surface area contributed by atoms with Gasteiger partial charge in [-0.2, -0.15) is 0 Å². The van der Waals surface area contributed by atoms with Gasteiger partial charge in [0.25, 0.3) is 0 Å². The first-order chi connectivity index (χ1) is 11.4. The Balaban J connectivity index is -0.000000322. The molecule has 0 unspecified atom stereocenters. The third-order valence-corrected chi connectivity index (χ3v) is 6.12. The highest BCUT2D eigenvalue weighted by atomic mass is 16.6. The van der Waals surface area contributed by atoms with E-state index in [1.807, 2.05) is 0 Å². The molecule has 5 nitrogen and oxygen atoms in total. The van der Waals surface area contributed by atoms with Crippen LogP contribution in [-0.2, 0) is 23.8 Å². The lowest BCUT2D eigenvalue weighted by atomic mass is 9.50. The minimum atomic E-state index is -0.442. The Hall–Kier alpha value is -1.36. The van der Waals surface area contributed by atoms with Crippen LogP contribution >= 0.6 is 0 Å². The first-order valence-electron chi connectivity index (χ1n) is 9.00. The Morgan fingerprint density at radius 2 is 1.29 bits per heavy atom. The van der Waals surface area contributed by atoms with E-state index in [4.69, 9.17) is 14.2 Å². The second kappa shape index (κ2) is 16.3. The summed E-state index contributed by atoms with van der Waals surface area (Å²) in [5.41, 5.74) is 0.0320. The lowest BCUT2D eigenvalue weighted by Crippen LogP contribution is -2.58. The van der Waals surface area contributed by atoms with Gasteiger partial charge < -0.3 is 14.2 Å². The van der Waals surface area contributed by atoms with Crippen molar-refractivity contribution < 1.29 is 23.8 Å². The molecule has 0 N–H and O–H groups in total. The average molecular weight is 449 g/mol. The van der Waals surface area contributed by atoms with Crippen LogP contribution in [0.25, 0.3) is 0 Å². The molecule has 0 saturated heterocycles. The van der Waals surface area contributed by atoms with Crippen LogP contribution in [0, 0.1) is 23.7 Å². The van der Waals surface area contributed by atoms with Gasteiger partial charge >= 0.3 is 11.9 Å². The second-order valence-corrected chi connectivity index (χ2v) is 7.93. The molecule has 4 saturated carbocycles. The van der Waals surface area contributed by atoms with Crippen molar-refractivity contribution in [3.8, 4) is 0 Å². The molecule has 4 fully saturated rings. The van der Waals surface area contributed by atoms with E-state index >= 15 is 0 Å². The van der Waals surface area contributed by atoms with Crippen LogP contribution in [0.3, 0.4) is 0 Å². The maximum Gasteiger partial charge on any atom is 0.333 e. The molecular weight excluding hydrogens is 392 g/mol. The standard InChI is InChI=1S/C19H28O5.7CH4/c1-12(2)18(21)23-5-4-22-11-17(20)24-19(3)15-7-13-6-14(9-15)10-16(19)8-13;;;;;;;/h13-16H,1,4-11H2,2-3H3;7*1H4. The molecule has 5 heteroatoms. The smallest absolute Gasteiger partial charge is 0.333 e. The van der Waals surface area contributed by atoms with Gasteiger partial charge in [0, 0.05) is 5.57 Å². The van der Waals surface area contributed by atoms with Crippen molar-refractivity contribution in [3.05, 3.63) is 12.2 Å². The summed E-state index contributed by atoms with van der Waals surface area (Å²) in [7, 11) is 0. The number of hydrogen-bond donors (Lipinski definition) is 0. The summed E-state index contributed by atoms with van der Waals surface area (Å²) in [5.74, 6) is 1.96. The van der Waals surface area contributed by atoms with Crippen LogP contribution in [0.5, 0.6) is 0 Å². The summed E-state index contributed by atoms with van der Waals surface area (Å²) in [6.45, 7) is 7.42. The van der Waals surface area contributed by atoms with Gasteiger partial charge in [-0.05, 0) is 69.6 Å². The molecule has 0 radical (unpaired) electrons. The number of esters is 2. The van der Waals surface area contributed by atoms with Crippen molar-refractivity contribution >= 4 is 11.9 Å². The normalized spacial score (nSPS) is 28.2. The highest BCUT2D eigenvalue weighted by Gasteiger charge is 2.56. The molecule has 0 atom stereocenters. The van der Waals surface area contributed by atoms with Gasteiger partial charge in [-0.1, -0.05) is 58.6 Å². The molecule has 0 aromatic heterocycles. The summed E-state index contributed by atoms with van der Waals surface area (Å²) >= 11 is 0. The minimum absolute atomic E-state index is 0. The number of ether oxygens (including phenoxy) is 3. The maximum atomic E-state index is 12.2. The molecule has 0 aliphatic heterocycles. The molecule has 0 aromatic rings. The fourth-order valence-corrected chi connectivity index (χ4v) is 5.03. The summed E-state index contributed by atoms with van der Waals surface area (Å²) in [5, 5.41) is 0. The maximum absolute atomic E-state index is 12.2. The molecule has 4 rings (SSSR count). The molecule has 0 heterocycles. The van der Waals surface area contributed by atoms with Gasteiger partial charge in [-0.25, -0.2) is 9.59 Å². The van der Waals surface area contributed by atoms with Gasteiger partial charge in [0.05, 0.1) is 6.61 Å². The van der Waals surface area contributed by atoms with E-state index in [9.17, 15) is 9.59 Å². The Morgan fingerprint density at radius 1 is 0.839 bits per heavy atom. The van der Waals surface area contributed by atoms with E-state index in [0.29, 0.717) is 17.4 Å². The number of hydrogen-bond acceptors (Lipinski definition) is 5. The van der Waals surface area contributed by atoms with Crippen LogP contribution in [0.15, 0.2) is 12.2 Å². The SMILES string of the molecule is C.C.C.C.C.C.C.C=C(C)C(=O)OCCOCC(=O)OC1(C)C2CC3CC(C2)CC1C3. The third kappa shape index (κ3) is 8.96. The summed E-state index contributed by atoms with van der Waals surface area (Å²) in [6.07, 6.45) is 6.19.